The molecule has 0 bridgehead atoms. The van der Waals surface area contributed by atoms with Crippen LogP contribution in [-0.2, 0) is 16.2 Å². The monoisotopic (exact) mass is 338 g/mol. The molecule has 1 aromatic rings. The number of hydrogen-bond acceptors (Lipinski definition) is 5. The lowest BCUT2D eigenvalue weighted by molar-refractivity contribution is -0.137. The lowest BCUT2D eigenvalue weighted by atomic mass is 10.1. The molecule has 22 heavy (non-hydrogen) atoms. The van der Waals surface area contributed by atoms with Crippen LogP contribution >= 0.6 is 0 Å². The van der Waals surface area contributed by atoms with Crippen molar-refractivity contribution in [1.82, 2.24) is 14.3 Å². The maximum absolute atomic E-state index is 12.8. The Bertz CT molecular complexity index is 621. The number of rotatable bonds is 5. The first-order valence-electron chi connectivity index (χ1n) is 6.77. The summed E-state index contributed by atoms with van der Waals surface area (Å²) in [6.07, 6.45) is 0.266. The molecule has 2 rings (SSSR count). The van der Waals surface area contributed by atoms with E-state index in [1.807, 2.05) is 0 Å². The van der Waals surface area contributed by atoms with Crippen LogP contribution in [0.4, 0.5) is 19.0 Å². The summed E-state index contributed by atoms with van der Waals surface area (Å²) in [6.45, 7) is 0.668. The van der Waals surface area contributed by atoms with Crippen LogP contribution in [0.3, 0.4) is 0 Å². The van der Waals surface area contributed by atoms with Gasteiger partial charge in [-0.15, -0.1) is 0 Å². The summed E-state index contributed by atoms with van der Waals surface area (Å²) in [6, 6.07) is -0.182. The van der Waals surface area contributed by atoms with Crippen LogP contribution in [0.2, 0.25) is 0 Å². The number of alkyl halides is 3. The van der Waals surface area contributed by atoms with Crippen LogP contribution in [0.1, 0.15) is 24.8 Å². The highest BCUT2D eigenvalue weighted by Gasteiger charge is 2.35. The molecule has 0 unspecified atom stereocenters. The van der Waals surface area contributed by atoms with E-state index in [9.17, 15) is 21.6 Å². The van der Waals surface area contributed by atoms with Gasteiger partial charge in [0.05, 0.1) is 6.26 Å². The maximum Gasteiger partial charge on any atom is 0.421 e. The minimum absolute atomic E-state index is 0.182. The van der Waals surface area contributed by atoms with Crippen LogP contribution in [0.15, 0.2) is 12.5 Å². The molecule has 1 aliphatic rings. The summed E-state index contributed by atoms with van der Waals surface area (Å²) in [5.41, 5.74) is -0.929. The second-order valence-corrected chi connectivity index (χ2v) is 7.10. The molecule has 0 aliphatic carbocycles. The first-order chi connectivity index (χ1) is 10.2. The van der Waals surface area contributed by atoms with E-state index in [-0.39, 0.29) is 18.4 Å². The zero-order valence-electron chi connectivity index (χ0n) is 12.0. The molecule has 2 heterocycles. The molecule has 10 heteroatoms. The maximum atomic E-state index is 12.8. The van der Waals surface area contributed by atoms with Crippen molar-refractivity contribution >= 4 is 15.8 Å². The molecular weight excluding hydrogens is 321 g/mol. The number of hydrogen-bond donors (Lipinski definition) is 1. The molecular formula is C12H17F3N4O2S. The minimum atomic E-state index is -4.53. The Morgan fingerprint density at radius 3 is 2.82 bits per heavy atom. The van der Waals surface area contributed by atoms with Gasteiger partial charge in [-0.25, -0.2) is 18.4 Å². The molecule has 0 amide bonds. The summed E-state index contributed by atoms with van der Waals surface area (Å²) < 4.78 is 63.0. The van der Waals surface area contributed by atoms with Gasteiger partial charge >= 0.3 is 6.18 Å². The third-order valence-corrected chi connectivity index (χ3v) is 4.87. The Kier molecular flexibility index (Phi) is 4.90. The molecule has 6 nitrogen and oxygen atoms in total. The average molecular weight is 338 g/mol. The van der Waals surface area contributed by atoms with Crippen LogP contribution in [-0.4, -0.2) is 48.1 Å². The van der Waals surface area contributed by atoms with E-state index in [2.05, 4.69) is 15.3 Å². The zero-order valence-corrected chi connectivity index (χ0v) is 12.8. The SMILES string of the molecule is CS(=O)(=O)N1CCC[C@H]1CCNc1ncncc1C(F)(F)F. The topological polar surface area (TPSA) is 75.2 Å². The Balaban J connectivity index is 1.98. The third-order valence-electron chi connectivity index (χ3n) is 3.54. The van der Waals surface area contributed by atoms with Gasteiger partial charge in [-0.05, 0) is 19.3 Å². The highest BCUT2D eigenvalue weighted by Crippen LogP contribution is 2.33. The van der Waals surface area contributed by atoms with Gasteiger partial charge in [0.25, 0.3) is 0 Å². The Morgan fingerprint density at radius 2 is 2.18 bits per heavy atom. The smallest absolute Gasteiger partial charge is 0.369 e. The Morgan fingerprint density at radius 1 is 1.45 bits per heavy atom. The van der Waals surface area contributed by atoms with E-state index in [0.717, 1.165) is 19.0 Å². The predicted molar refractivity (Wildman–Crippen MR) is 74.7 cm³/mol. The molecule has 1 saturated heterocycles. The van der Waals surface area contributed by atoms with Gasteiger partial charge in [0, 0.05) is 25.3 Å². The van der Waals surface area contributed by atoms with Crippen LogP contribution in [0, 0.1) is 0 Å². The van der Waals surface area contributed by atoms with Gasteiger partial charge in [-0.2, -0.15) is 17.5 Å². The van der Waals surface area contributed by atoms with E-state index in [0.29, 0.717) is 25.6 Å². The van der Waals surface area contributed by atoms with Crippen molar-refractivity contribution in [3.63, 3.8) is 0 Å². The fraction of sp³-hybridized carbons (Fsp3) is 0.667. The quantitative estimate of drug-likeness (QED) is 0.885. The van der Waals surface area contributed by atoms with Gasteiger partial charge in [0.15, 0.2) is 0 Å². The fourth-order valence-electron chi connectivity index (χ4n) is 2.57. The summed E-state index contributed by atoms with van der Waals surface area (Å²) >= 11 is 0. The molecule has 1 aliphatic heterocycles. The van der Waals surface area contributed by atoms with Gasteiger partial charge in [0.2, 0.25) is 10.0 Å². The molecule has 0 aromatic carbocycles. The van der Waals surface area contributed by atoms with Gasteiger partial charge in [0.1, 0.15) is 17.7 Å². The molecule has 0 radical (unpaired) electrons. The van der Waals surface area contributed by atoms with Crippen molar-refractivity contribution in [1.29, 1.82) is 0 Å². The van der Waals surface area contributed by atoms with Crippen LogP contribution in [0.25, 0.3) is 0 Å². The summed E-state index contributed by atoms with van der Waals surface area (Å²) in [5, 5.41) is 2.63. The van der Waals surface area contributed by atoms with Crippen molar-refractivity contribution in [2.45, 2.75) is 31.5 Å². The summed E-state index contributed by atoms with van der Waals surface area (Å²) in [5.74, 6) is -0.286. The van der Waals surface area contributed by atoms with E-state index < -0.39 is 21.8 Å². The van der Waals surface area contributed by atoms with Crippen molar-refractivity contribution in [3.05, 3.63) is 18.1 Å². The first kappa shape index (κ1) is 16.9. The van der Waals surface area contributed by atoms with Crippen molar-refractivity contribution in [2.24, 2.45) is 0 Å². The Hall–Kier alpha value is -1.42. The highest BCUT2D eigenvalue weighted by atomic mass is 32.2. The predicted octanol–water partition coefficient (Wildman–Crippen LogP) is 1.72. The molecule has 124 valence electrons. The van der Waals surface area contributed by atoms with Crippen molar-refractivity contribution < 1.29 is 21.6 Å². The van der Waals surface area contributed by atoms with E-state index in [1.165, 1.54) is 4.31 Å². The molecule has 1 atom stereocenters. The number of nitrogens with zero attached hydrogens (tertiary/aromatic N) is 3. The lowest BCUT2D eigenvalue weighted by Gasteiger charge is -2.22. The highest BCUT2D eigenvalue weighted by molar-refractivity contribution is 7.88. The van der Waals surface area contributed by atoms with Crippen LogP contribution in [0.5, 0.6) is 0 Å². The number of nitrogens with one attached hydrogen (secondary N) is 1. The van der Waals surface area contributed by atoms with Crippen LogP contribution < -0.4 is 5.32 Å². The van der Waals surface area contributed by atoms with E-state index in [1.54, 1.807) is 0 Å². The van der Waals surface area contributed by atoms with Gasteiger partial charge in [-0.3, -0.25) is 0 Å². The molecule has 0 saturated carbocycles. The number of sulfonamides is 1. The zero-order chi connectivity index (χ0) is 16.4. The average Bonchev–Trinajstić information content (AvgIpc) is 2.86. The first-order valence-corrected chi connectivity index (χ1v) is 8.62. The molecule has 1 aromatic heterocycles. The number of anilines is 1. The van der Waals surface area contributed by atoms with Crippen molar-refractivity contribution in [2.75, 3.05) is 24.7 Å². The standard InChI is InChI=1S/C12H17F3N4O2S/c1-22(20,21)19-6-2-3-9(19)4-5-17-11-10(12(13,14)15)7-16-8-18-11/h7-9H,2-6H2,1H3,(H,16,17,18)/t9-/m0/s1. The lowest BCUT2D eigenvalue weighted by Crippen LogP contribution is -2.35. The molecule has 1 N–H and O–H groups in total. The molecule has 1 fully saturated rings. The third kappa shape index (κ3) is 4.07. The Labute approximate surface area is 126 Å². The van der Waals surface area contributed by atoms with Crippen molar-refractivity contribution in [3.8, 4) is 0 Å². The van der Waals surface area contributed by atoms with Gasteiger partial charge < -0.3 is 5.32 Å². The van der Waals surface area contributed by atoms with E-state index in [4.69, 9.17) is 0 Å². The van der Waals surface area contributed by atoms with E-state index >= 15 is 0 Å². The second-order valence-electron chi connectivity index (χ2n) is 5.17. The number of halogens is 3. The largest absolute Gasteiger partial charge is 0.421 e. The summed E-state index contributed by atoms with van der Waals surface area (Å²) in [4.78, 5) is 6.99. The summed E-state index contributed by atoms with van der Waals surface area (Å²) in [7, 11) is -3.28. The number of aromatic nitrogens is 2. The second kappa shape index (κ2) is 6.37. The normalized spacial score (nSPS) is 20.3. The fourth-order valence-corrected chi connectivity index (χ4v) is 3.78. The minimum Gasteiger partial charge on any atom is -0.369 e. The van der Waals surface area contributed by atoms with Gasteiger partial charge in [-0.1, -0.05) is 0 Å². The molecule has 0 spiro atoms.